The van der Waals surface area contributed by atoms with Crippen LogP contribution in [-0.4, -0.2) is 37.6 Å². The summed E-state index contributed by atoms with van der Waals surface area (Å²) in [6.45, 7) is 0.712. The fourth-order valence-corrected chi connectivity index (χ4v) is 2.05. The van der Waals surface area contributed by atoms with E-state index < -0.39 is 0 Å². The van der Waals surface area contributed by atoms with E-state index >= 15 is 0 Å². The molecular weight excluding hydrogens is 304 g/mol. The number of carbonyl (C=O) groups excluding carboxylic acids is 1. The maximum absolute atomic E-state index is 12.1. The van der Waals surface area contributed by atoms with Crippen molar-refractivity contribution in [3.63, 3.8) is 0 Å². The van der Waals surface area contributed by atoms with Crippen LogP contribution in [0.15, 0.2) is 18.2 Å². The Morgan fingerprint density at radius 3 is 2.45 bits per heavy atom. The van der Waals surface area contributed by atoms with E-state index in [0.29, 0.717) is 29.5 Å². The Kier molecular flexibility index (Phi) is 7.60. The number of halogens is 1. The maximum atomic E-state index is 12.1. The van der Waals surface area contributed by atoms with Crippen LogP contribution in [0.3, 0.4) is 0 Å². The molecular formula is C15H17ClN4O2. The zero-order valence-electron chi connectivity index (χ0n) is 12.3. The summed E-state index contributed by atoms with van der Waals surface area (Å²) in [4.78, 5) is 13.6. The lowest BCUT2D eigenvalue weighted by molar-refractivity contribution is -0.129. The topological polar surface area (TPSA) is 89.2 Å². The molecule has 0 atom stereocenters. The molecule has 0 fully saturated rings. The molecule has 0 radical (unpaired) electrons. The zero-order chi connectivity index (χ0) is 16.4. The molecule has 0 unspecified atom stereocenters. The Labute approximate surface area is 134 Å². The number of hydrogen-bond donors (Lipinski definition) is 1. The predicted molar refractivity (Wildman–Crippen MR) is 83.5 cm³/mol. The van der Waals surface area contributed by atoms with Crippen molar-refractivity contribution in [1.29, 1.82) is 10.5 Å². The van der Waals surface area contributed by atoms with Crippen molar-refractivity contribution in [2.45, 2.75) is 12.8 Å². The number of anilines is 1. The second-order valence-corrected chi connectivity index (χ2v) is 4.81. The standard InChI is InChI=1S/C15H17ClN4O2/c1-22-14-5-4-12(10-13(14)16)19-11-15(21)20(8-2-6-17)9-3-7-18/h4-5,10,19H,2-3,8-9,11H2,1H3. The molecule has 0 saturated heterocycles. The molecule has 0 heterocycles. The number of amides is 1. The average Bonchev–Trinajstić information content (AvgIpc) is 2.53. The first-order valence-corrected chi connectivity index (χ1v) is 7.09. The van der Waals surface area contributed by atoms with Crippen LogP contribution in [0, 0.1) is 22.7 Å². The molecule has 0 spiro atoms. The minimum atomic E-state index is -0.169. The van der Waals surface area contributed by atoms with Gasteiger partial charge < -0.3 is 15.0 Å². The third kappa shape index (κ3) is 5.51. The van der Waals surface area contributed by atoms with E-state index in [-0.39, 0.29) is 25.3 Å². The van der Waals surface area contributed by atoms with Crippen molar-refractivity contribution in [1.82, 2.24) is 4.90 Å². The lowest BCUT2D eigenvalue weighted by Gasteiger charge is -2.21. The van der Waals surface area contributed by atoms with Crippen molar-refractivity contribution >= 4 is 23.2 Å². The number of nitrogens with zero attached hydrogens (tertiary/aromatic N) is 3. The van der Waals surface area contributed by atoms with Gasteiger partial charge >= 0.3 is 0 Å². The smallest absolute Gasteiger partial charge is 0.241 e. The van der Waals surface area contributed by atoms with Gasteiger partial charge in [-0.1, -0.05) is 11.6 Å². The monoisotopic (exact) mass is 320 g/mol. The number of hydrogen-bond acceptors (Lipinski definition) is 5. The maximum Gasteiger partial charge on any atom is 0.241 e. The fraction of sp³-hybridized carbons (Fsp3) is 0.400. The molecule has 0 aliphatic carbocycles. The first-order chi connectivity index (χ1) is 10.6. The third-order valence-corrected chi connectivity index (χ3v) is 3.23. The minimum Gasteiger partial charge on any atom is -0.495 e. The first kappa shape index (κ1) is 17.6. The Morgan fingerprint density at radius 1 is 1.32 bits per heavy atom. The van der Waals surface area contributed by atoms with Gasteiger partial charge in [-0.05, 0) is 18.2 Å². The van der Waals surface area contributed by atoms with Crippen LogP contribution in [0.2, 0.25) is 5.02 Å². The Morgan fingerprint density at radius 2 is 1.95 bits per heavy atom. The van der Waals surface area contributed by atoms with Crippen LogP contribution in [0.1, 0.15) is 12.8 Å². The molecule has 0 aliphatic rings. The van der Waals surface area contributed by atoms with Gasteiger partial charge in [0.15, 0.2) is 0 Å². The highest BCUT2D eigenvalue weighted by atomic mass is 35.5. The van der Waals surface area contributed by atoms with E-state index in [1.54, 1.807) is 18.2 Å². The van der Waals surface area contributed by atoms with Crippen molar-refractivity contribution in [2.24, 2.45) is 0 Å². The Bertz CT molecular complexity index is 574. The number of benzene rings is 1. The zero-order valence-corrected chi connectivity index (χ0v) is 13.1. The van der Waals surface area contributed by atoms with Crippen LogP contribution in [-0.2, 0) is 4.79 Å². The molecule has 22 heavy (non-hydrogen) atoms. The molecule has 116 valence electrons. The molecule has 0 aromatic heterocycles. The van der Waals surface area contributed by atoms with E-state index in [0.717, 1.165) is 0 Å². The van der Waals surface area contributed by atoms with Gasteiger partial charge in [0.1, 0.15) is 5.75 Å². The molecule has 1 N–H and O–H groups in total. The lowest BCUT2D eigenvalue weighted by atomic mass is 10.3. The molecule has 1 aromatic carbocycles. The van der Waals surface area contributed by atoms with Crippen molar-refractivity contribution in [2.75, 3.05) is 32.1 Å². The summed E-state index contributed by atoms with van der Waals surface area (Å²) < 4.78 is 5.06. The molecule has 1 rings (SSSR count). The second kappa shape index (κ2) is 9.49. The summed E-state index contributed by atoms with van der Waals surface area (Å²) in [5, 5.41) is 20.7. The van der Waals surface area contributed by atoms with Gasteiger partial charge in [0, 0.05) is 18.8 Å². The van der Waals surface area contributed by atoms with Gasteiger partial charge in [0.05, 0.1) is 43.7 Å². The van der Waals surface area contributed by atoms with Gasteiger partial charge in [-0.25, -0.2) is 0 Å². The number of ether oxygens (including phenoxy) is 1. The second-order valence-electron chi connectivity index (χ2n) is 4.40. The molecule has 1 aromatic rings. The fourth-order valence-electron chi connectivity index (χ4n) is 1.80. The van der Waals surface area contributed by atoms with Gasteiger partial charge in [-0.2, -0.15) is 10.5 Å². The highest BCUT2D eigenvalue weighted by molar-refractivity contribution is 6.32. The summed E-state index contributed by atoms with van der Waals surface area (Å²) in [7, 11) is 1.53. The van der Waals surface area contributed by atoms with Crippen molar-refractivity contribution < 1.29 is 9.53 Å². The SMILES string of the molecule is COc1ccc(NCC(=O)N(CCC#N)CCC#N)cc1Cl. The van der Waals surface area contributed by atoms with E-state index in [1.165, 1.54) is 12.0 Å². The lowest BCUT2D eigenvalue weighted by Crippen LogP contribution is -2.36. The largest absolute Gasteiger partial charge is 0.495 e. The number of rotatable bonds is 8. The van der Waals surface area contributed by atoms with Gasteiger partial charge in [0.25, 0.3) is 0 Å². The number of methoxy groups -OCH3 is 1. The van der Waals surface area contributed by atoms with E-state index in [1.807, 2.05) is 12.1 Å². The minimum absolute atomic E-state index is 0.0690. The van der Waals surface area contributed by atoms with Crippen molar-refractivity contribution in [3.8, 4) is 17.9 Å². The van der Waals surface area contributed by atoms with Crippen LogP contribution >= 0.6 is 11.6 Å². The Balaban J connectivity index is 2.60. The quantitative estimate of drug-likeness (QED) is 0.794. The normalized spacial score (nSPS) is 9.45. The number of nitrogens with one attached hydrogen (secondary N) is 1. The highest BCUT2D eigenvalue weighted by Gasteiger charge is 2.13. The molecule has 7 heteroatoms. The molecule has 0 bridgehead atoms. The van der Waals surface area contributed by atoms with Crippen molar-refractivity contribution in [3.05, 3.63) is 23.2 Å². The molecule has 1 amide bonds. The van der Waals surface area contributed by atoms with Crippen LogP contribution in [0.4, 0.5) is 5.69 Å². The van der Waals surface area contributed by atoms with E-state index in [4.69, 9.17) is 26.9 Å². The summed E-state index contributed by atoms with van der Waals surface area (Å²) in [5.74, 6) is 0.389. The predicted octanol–water partition coefficient (Wildman–Crippen LogP) is 2.42. The van der Waals surface area contributed by atoms with Gasteiger partial charge in [-0.15, -0.1) is 0 Å². The summed E-state index contributed by atoms with van der Waals surface area (Å²) in [6.07, 6.45) is 0.483. The highest BCUT2D eigenvalue weighted by Crippen LogP contribution is 2.27. The van der Waals surface area contributed by atoms with Crippen LogP contribution in [0.25, 0.3) is 0 Å². The number of nitriles is 2. The van der Waals surface area contributed by atoms with Gasteiger partial charge in [0.2, 0.25) is 5.91 Å². The summed E-state index contributed by atoms with van der Waals surface area (Å²) in [6, 6.07) is 9.12. The molecule has 6 nitrogen and oxygen atoms in total. The Hall–Kier alpha value is -2.44. The first-order valence-electron chi connectivity index (χ1n) is 6.71. The third-order valence-electron chi connectivity index (χ3n) is 2.94. The number of carbonyl (C=O) groups is 1. The summed E-state index contributed by atoms with van der Waals surface area (Å²) >= 11 is 6.01. The molecule has 0 saturated carbocycles. The van der Waals surface area contributed by atoms with Gasteiger partial charge in [-0.3, -0.25) is 4.79 Å². The van der Waals surface area contributed by atoms with Crippen LogP contribution < -0.4 is 10.1 Å². The van der Waals surface area contributed by atoms with E-state index in [9.17, 15) is 4.79 Å². The molecule has 0 aliphatic heterocycles. The average molecular weight is 321 g/mol. The summed E-state index contributed by atoms with van der Waals surface area (Å²) in [5.41, 5.74) is 0.694. The van der Waals surface area contributed by atoms with Crippen LogP contribution in [0.5, 0.6) is 5.75 Å². The van der Waals surface area contributed by atoms with E-state index in [2.05, 4.69) is 5.32 Å².